The average molecular weight is 344 g/mol. The second-order valence-electron chi connectivity index (χ2n) is 6.43. The van der Waals surface area contributed by atoms with Crippen LogP contribution in [0.15, 0.2) is 22.7 Å². The number of para-hydroxylation sites is 1. The molecule has 0 aliphatic carbocycles. The SMILES string of the molecule is Cc1cccc(C(C)C)c1NC(=O)[C@@H](C)OC(=O)c1c(C)noc1C. The predicted molar refractivity (Wildman–Crippen MR) is 94.8 cm³/mol. The summed E-state index contributed by atoms with van der Waals surface area (Å²) in [4.78, 5) is 24.7. The molecule has 0 spiro atoms. The number of amides is 1. The summed E-state index contributed by atoms with van der Waals surface area (Å²) in [6.07, 6.45) is -0.944. The van der Waals surface area contributed by atoms with Crippen molar-refractivity contribution in [3.05, 3.63) is 46.3 Å². The van der Waals surface area contributed by atoms with Crippen molar-refractivity contribution in [1.82, 2.24) is 5.16 Å². The van der Waals surface area contributed by atoms with Crippen LogP contribution in [-0.4, -0.2) is 23.1 Å². The molecule has 1 aromatic heterocycles. The molecule has 0 saturated heterocycles. The number of aryl methyl sites for hydroxylation is 3. The van der Waals surface area contributed by atoms with Gasteiger partial charge in [0.05, 0.1) is 5.69 Å². The van der Waals surface area contributed by atoms with Crippen LogP contribution < -0.4 is 5.32 Å². The lowest BCUT2D eigenvalue weighted by Gasteiger charge is -2.19. The lowest BCUT2D eigenvalue weighted by molar-refractivity contribution is -0.123. The van der Waals surface area contributed by atoms with Crippen molar-refractivity contribution in [2.75, 3.05) is 5.32 Å². The molecule has 25 heavy (non-hydrogen) atoms. The Balaban J connectivity index is 2.13. The van der Waals surface area contributed by atoms with Crippen LogP contribution in [-0.2, 0) is 9.53 Å². The zero-order valence-electron chi connectivity index (χ0n) is 15.5. The van der Waals surface area contributed by atoms with Gasteiger partial charge in [-0.05, 0) is 44.7 Å². The smallest absolute Gasteiger partial charge is 0.344 e. The maximum absolute atomic E-state index is 12.5. The first-order valence-electron chi connectivity index (χ1n) is 8.26. The first kappa shape index (κ1) is 18.7. The van der Waals surface area contributed by atoms with Crippen molar-refractivity contribution in [1.29, 1.82) is 0 Å². The topological polar surface area (TPSA) is 81.4 Å². The number of nitrogens with one attached hydrogen (secondary N) is 1. The Kier molecular flexibility index (Phi) is 5.62. The molecule has 2 aromatic rings. The minimum Gasteiger partial charge on any atom is -0.449 e. The third-order valence-corrected chi connectivity index (χ3v) is 4.07. The maximum Gasteiger partial charge on any atom is 0.344 e. The van der Waals surface area contributed by atoms with Crippen molar-refractivity contribution in [2.45, 2.75) is 53.6 Å². The standard InChI is InChI=1S/C19H24N2O4/c1-10(2)15-9-7-8-11(3)17(15)20-18(22)14(6)24-19(23)16-12(4)21-25-13(16)5/h7-10,14H,1-6H3,(H,20,22)/t14-/m1/s1. The van der Waals surface area contributed by atoms with Gasteiger partial charge in [-0.25, -0.2) is 4.79 Å². The van der Waals surface area contributed by atoms with Gasteiger partial charge in [-0.2, -0.15) is 0 Å². The molecule has 1 N–H and O–H groups in total. The van der Waals surface area contributed by atoms with Gasteiger partial charge >= 0.3 is 5.97 Å². The summed E-state index contributed by atoms with van der Waals surface area (Å²) < 4.78 is 10.2. The molecule has 0 aliphatic rings. The number of benzene rings is 1. The minimum atomic E-state index is -0.944. The van der Waals surface area contributed by atoms with Gasteiger partial charge in [0.2, 0.25) is 0 Å². The van der Waals surface area contributed by atoms with E-state index >= 15 is 0 Å². The number of aromatic nitrogens is 1. The summed E-state index contributed by atoms with van der Waals surface area (Å²) in [6, 6.07) is 5.87. The van der Waals surface area contributed by atoms with Crippen LogP contribution in [0.1, 0.15) is 59.6 Å². The Hall–Kier alpha value is -2.63. The highest BCUT2D eigenvalue weighted by atomic mass is 16.5. The van der Waals surface area contributed by atoms with E-state index in [1.807, 2.05) is 25.1 Å². The number of nitrogens with zero attached hydrogens (tertiary/aromatic N) is 1. The monoisotopic (exact) mass is 344 g/mol. The Morgan fingerprint density at radius 2 is 1.84 bits per heavy atom. The van der Waals surface area contributed by atoms with Crippen LogP contribution in [0, 0.1) is 20.8 Å². The van der Waals surface area contributed by atoms with Crippen molar-refractivity contribution in [3.63, 3.8) is 0 Å². The molecule has 1 amide bonds. The number of carbonyl (C=O) groups is 2. The zero-order chi connectivity index (χ0) is 18.7. The van der Waals surface area contributed by atoms with Gasteiger partial charge < -0.3 is 14.6 Å². The number of esters is 1. The Labute approximate surface area is 147 Å². The number of ether oxygens (including phenoxy) is 1. The third kappa shape index (κ3) is 4.07. The van der Waals surface area contributed by atoms with Crippen molar-refractivity contribution < 1.29 is 18.8 Å². The summed E-state index contributed by atoms with van der Waals surface area (Å²) in [7, 11) is 0. The van der Waals surface area contributed by atoms with E-state index < -0.39 is 12.1 Å². The molecule has 0 aliphatic heterocycles. The molecule has 0 fully saturated rings. The van der Waals surface area contributed by atoms with Crippen LogP contribution in [0.2, 0.25) is 0 Å². The molecule has 1 atom stereocenters. The maximum atomic E-state index is 12.5. The molecule has 1 aromatic carbocycles. The Morgan fingerprint density at radius 3 is 2.40 bits per heavy atom. The number of hydrogen-bond acceptors (Lipinski definition) is 5. The molecule has 6 heteroatoms. The average Bonchev–Trinajstić information content (AvgIpc) is 2.87. The van der Waals surface area contributed by atoms with E-state index in [0.29, 0.717) is 11.5 Å². The van der Waals surface area contributed by atoms with Gasteiger partial charge in [0.1, 0.15) is 11.3 Å². The number of hydrogen-bond donors (Lipinski definition) is 1. The minimum absolute atomic E-state index is 0.260. The molecule has 6 nitrogen and oxygen atoms in total. The van der Waals surface area contributed by atoms with Gasteiger partial charge in [0, 0.05) is 5.69 Å². The summed E-state index contributed by atoms with van der Waals surface area (Å²) in [5, 5.41) is 6.61. The molecule has 1 heterocycles. The van der Waals surface area contributed by atoms with Crippen molar-refractivity contribution in [2.24, 2.45) is 0 Å². The predicted octanol–water partition coefficient (Wildman–Crippen LogP) is 3.91. The van der Waals surface area contributed by atoms with Gasteiger partial charge in [-0.3, -0.25) is 4.79 Å². The highest BCUT2D eigenvalue weighted by molar-refractivity contribution is 5.98. The van der Waals surface area contributed by atoms with E-state index in [0.717, 1.165) is 16.8 Å². The first-order valence-corrected chi connectivity index (χ1v) is 8.26. The van der Waals surface area contributed by atoms with E-state index in [-0.39, 0.29) is 17.4 Å². The van der Waals surface area contributed by atoms with E-state index in [9.17, 15) is 9.59 Å². The van der Waals surface area contributed by atoms with Crippen LogP contribution in [0.3, 0.4) is 0 Å². The van der Waals surface area contributed by atoms with Crippen LogP contribution in [0.5, 0.6) is 0 Å². The fourth-order valence-corrected chi connectivity index (χ4v) is 2.61. The first-order chi connectivity index (χ1) is 11.7. The zero-order valence-corrected chi connectivity index (χ0v) is 15.5. The number of rotatable bonds is 5. The quantitative estimate of drug-likeness (QED) is 0.832. The molecule has 134 valence electrons. The van der Waals surface area contributed by atoms with Crippen LogP contribution >= 0.6 is 0 Å². The Bertz CT molecular complexity index is 773. The third-order valence-electron chi connectivity index (χ3n) is 4.07. The van der Waals surface area contributed by atoms with Gasteiger partial charge in [-0.15, -0.1) is 0 Å². The molecule has 0 bridgehead atoms. The molecule has 0 radical (unpaired) electrons. The molecule has 0 unspecified atom stereocenters. The summed E-state index contributed by atoms with van der Waals surface area (Å²) in [5.41, 5.74) is 3.47. The van der Waals surface area contributed by atoms with Gasteiger partial charge in [0.15, 0.2) is 6.10 Å². The fraction of sp³-hybridized carbons (Fsp3) is 0.421. The second-order valence-corrected chi connectivity index (χ2v) is 6.43. The molecule has 2 rings (SSSR count). The Morgan fingerprint density at radius 1 is 1.16 bits per heavy atom. The lowest BCUT2D eigenvalue weighted by atomic mass is 9.98. The van der Waals surface area contributed by atoms with E-state index in [1.165, 1.54) is 0 Å². The van der Waals surface area contributed by atoms with Gasteiger partial charge in [0.25, 0.3) is 5.91 Å². The number of carbonyl (C=O) groups excluding carboxylic acids is 2. The largest absolute Gasteiger partial charge is 0.449 e. The van der Waals surface area contributed by atoms with Crippen molar-refractivity contribution >= 4 is 17.6 Å². The normalized spacial score (nSPS) is 12.1. The van der Waals surface area contributed by atoms with E-state index in [4.69, 9.17) is 9.26 Å². The molecule has 0 saturated carbocycles. The fourth-order valence-electron chi connectivity index (χ4n) is 2.61. The van der Waals surface area contributed by atoms with Crippen LogP contribution in [0.4, 0.5) is 5.69 Å². The highest BCUT2D eigenvalue weighted by Crippen LogP contribution is 2.27. The van der Waals surface area contributed by atoms with E-state index in [1.54, 1.807) is 20.8 Å². The summed E-state index contributed by atoms with van der Waals surface area (Å²) in [5.74, 6) is -0.365. The number of anilines is 1. The molecular weight excluding hydrogens is 320 g/mol. The lowest BCUT2D eigenvalue weighted by Crippen LogP contribution is -2.31. The van der Waals surface area contributed by atoms with Gasteiger partial charge in [-0.1, -0.05) is 37.2 Å². The van der Waals surface area contributed by atoms with Crippen molar-refractivity contribution in [3.8, 4) is 0 Å². The highest BCUT2D eigenvalue weighted by Gasteiger charge is 2.25. The van der Waals surface area contributed by atoms with Crippen LogP contribution in [0.25, 0.3) is 0 Å². The summed E-state index contributed by atoms with van der Waals surface area (Å²) >= 11 is 0. The van der Waals surface area contributed by atoms with E-state index in [2.05, 4.69) is 24.3 Å². The summed E-state index contributed by atoms with van der Waals surface area (Å²) in [6.45, 7) is 10.9. The second kappa shape index (κ2) is 7.51. The molecular formula is C19H24N2O4.